The van der Waals surface area contributed by atoms with Crippen LogP contribution in [0.3, 0.4) is 0 Å². The van der Waals surface area contributed by atoms with Gasteiger partial charge >= 0.3 is 5.97 Å². The zero-order chi connectivity index (χ0) is 20.1. The number of carbonyl (C=O) groups is 1. The summed E-state index contributed by atoms with van der Waals surface area (Å²) in [5.74, 6) is -1.00. The van der Waals surface area contributed by atoms with Crippen LogP contribution < -0.4 is 5.32 Å². The molecule has 1 aliphatic heterocycles. The second-order valence-electron chi connectivity index (χ2n) is 6.95. The number of benzene rings is 2. The van der Waals surface area contributed by atoms with E-state index in [1.807, 2.05) is 36.4 Å². The van der Waals surface area contributed by atoms with E-state index in [0.29, 0.717) is 27.4 Å². The van der Waals surface area contributed by atoms with Crippen LogP contribution in [0.4, 0.5) is 5.69 Å². The highest BCUT2D eigenvalue weighted by Crippen LogP contribution is 2.29. The number of hydrogen-bond donors (Lipinski definition) is 2. The Morgan fingerprint density at radius 3 is 2.57 bits per heavy atom. The van der Waals surface area contributed by atoms with Gasteiger partial charge in [-0.25, -0.2) is 0 Å². The number of halogens is 2. The molecular formula is C21H23Cl2N3O2. The molecule has 5 nitrogen and oxygen atoms in total. The maximum Gasteiger partial charge on any atom is 0.325 e. The number of aliphatic imine (C=N–C) groups is 1. The molecule has 2 aromatic rings. The number of carboxylic acids is 1. The number of rotatable bonds is 6. The molecule has 148 valence electrons. The van der Waals surface area contributed by atoms with Gasteiger partial charge in [0, 0.05) is 32.9 Å². The van der Waals surface area contributed by atoms with E-state index in [1.165, 1.54) is 0 Å². The third-order valence-electron chi connectivity index (χ3n) is 4.82. The Morgan fingerprint density at radius 2 is 1.89 bits per heavy atom. The van der Waals surface area contributed by atoms with Gasteiger partial charge < -0.3 is 15.3 Å². The van der Waals surface area contributed by atoms with Crippen LogP contribution in [0.5, 0.6) is 0 Å². The number of nitrogens with one attached hydrogen (secondary N) is 1. The number of piperidine rings is 1. The first-order valence-corrected chi connectivity index (χ1v) is 9.96. The minimum absolute atomic E-state index is 0.336. The zero-order valence-electron chi connectivity index (χ0n) is 15.7. The Labute approximate surface area is 175 Å². The van der Waals surface area contributed by atoms with Crippen LogP contribution in [0.2, 0.25) is 10.0 Å². The highest BCUT2D eigenvalue weighted by molar-refractivity contribution is 6.36. The van der Waals surface area contributed by atoms with Crippen LogP contribution in [-0.4, -0.2) is 54.4 Å². The van der Waals surface area contributed by atoms with Crippen molar-refractivity contribution in [3.63, 3.8) is 0 Å². The SMILES string of the molecule is CN1CCC(Nc2ccc(Cl)cc2C(=NCC(=O)O)c2ccccc2Cl)CC1. The Hall–Kier alpha value is -2.08. The van der Waals surface area contributed by atoms with Gasteiger partial charge in [-0.1, -0.05) is 41.4 Å². The van der Waals surface area contributed by atoms with Crippen molar-refractivity contribution in [3.8, 4) is 0 Å². The largest absolute Gasteiger partial charge is 0.480 e. The second kappa shape index (κ2) is 9.41. The van der Waals surface area contributed by atoms with Crippen molar-refractivity contribution < 1.29 is 9.90 Å². The fourth-order valence-electron chi connectivity index (χ4n) is 3.33. The van der Waals surface area contributed by atoms with Gasteiger partial charge in [0.1, 0.15) is 6.54 Å². The van der Waals surface area contributed by atoms with Crippen LogP contribution in [0.25, 0.3) is 0 Å². The number of aliphatic carboxylic acids is 1. The zero-order valence-corrected chi connectivity index (χ0v) is 17.2. The standard InChI is InChI=1S/C21H23Cl2N3O2/c1-26-10-8-15(9-11-26)25-19-7-6-14(22)12-17(19)21(24-13-20(27)28)16-4-2-3-5-18(16)23/h2-7,12,15,25H,8-11,13H2,1H3,(H,27,28). The summed E-state index contributed by atoms with van der Waals surface area (Å²) in [6, 6.07) is 13.2. The van der Waals surface area contributed by atoms with Crippen molar-refractivity contribution in [2.45, 2.75) is 18.9 Å². The van der Waals surface area contributed by atoms with Gasteiger partial charge in [-0.3, -0.25) is 9.79 Å². The molecule has 2 N–H and O–H groups in total. The lowest BCUT2D eigenvalue weighted by atomic mass is 9.98. The lowest BCUT2D eigenvalue weighted by Gasteiger charge is -2.31. The summed E-state index contributed by atoms with van der Waals surface area (Å²) in [4.78, 5) is 17.8. The van der Waals surface area contributed by atoms with Gasteiger partial charge in [-0.05, 0) is 57.2 Å². The first-order valence-electron chi connectivity index (χ1n) is 9.20. The van der Waals surface area contributed by atoms with E-state index in [9.17, 15) is 4.79 Å². The van der Waals surface area contributed by atoms with E-state index in [1.54, 1.807) is 6.07 Å². The fraction of sp³-hybridized carbons (Fsp3) is 0.333. The number of hydrogen-bond acceptors (Lipinski definition) is 4. The van der Waals surface area contributed by atoms with E-state index < -0.39 is 5.97 Å². The molecular weight excluding hydrogens is 397 g/mol. The van der Waals surface area contributed by atoms with E-state index >= 15 is 0 Å². The van der Waals surface area contributed by atoms with Crippen molar-refractivity contribution in [3.05, 3.63) is 63.6 Å². The maximum atomic E-state index is 11.2. The summed E-state index contributed by atoms with van der Waals surface area (Å²) in [5, 5.41) is 13.8. The smallest absolute Gasteiger partial charge is 0.325 e. The van der Waals surface area contributed by atoms with Crippen molar-refractivity contribution >= 4 is 40.6 Å². The van der Waals surface area contributed by atoms with Gasteiger partial charge in [0.25, 0.3) is 0 Å². The van der Waals surface area contributed by atoms with E-state index in [4.69, 9.17) is 28.3 Å². The summed E-state index contributed by atoms with van der Waals surface area (Å²) in [6.45, 7) is 1.72. The van der Waals surface area contributed by atoms with E-state index in [2.05, 4.69) is 22.3 Å². The molecule has 1 heterocycles. The number of likely N-dealkylation sites (tertiary alicyclic amines) is 1. The highest BCUT2D eigenvalue weighted by Gasteiger charge is 2.20. The predicted molar refractivity (Wildman–Crippen MR) is 115 cm³/mol. The minimum Gasteiger partial charge on any atom is -0.480 e. The van der Waals surface area contributed by atoms with Crippen LogP contribution in [0.1, 0.15) is 24.0 Å². The van der Waals surface area contributed by atoms with Crippen molar-refractivity contribution in [1.29, 1.82) is 0 Å². The highest BCUT2D eigenvalue weighted by atomic mass is 35.5. The summed E-state index contributed by atoms with van der Waals surface area (Å²) in [7, 11) is 2.12. The first kappa shape index (κ1) is 20.6. The molecule has 1 aliphatic rings. The Bertz CT molecular complexity index is 878. The number of nitrogens with zero attached hydrogens (tertiary/aromatic N) is 2. The first-order chi connectivity index (χ1) is 13.4. The Morgan fingerprint density at radius 1 is 1.18 bits per heavy atom. The number of carboxylic acid groups (broad SMARTS) is 1. The predicted octanol–water partition coefficient (Wildman–Crippen LogP) is 4.42. The monoisotopic (exact) mass is 419 g/mol. The minimum atomic E-state index is -1.00. The molecule has 0 amide bonds. The average Bonchev–Trinajstić information content (AvgIpc) is 2.66. The lowest BCUT2D eigenvalue weighted by molar-refractivity contribution is -0.135. The molecule has 0 radical (unpaired) electrons. The lowest BCUT2D eigenvalue weighted by Crippen LogP contribution is -2.37. The third-order valence-corrected chi connectivity index (χ3v) is 5.38. The molecule has 3 rings (SSSR count). The fourth-order valence-corrected chi connectivity index (χ4v) is 3.72. The van der Waals surface area contributed by atoms with Gasteiger partial charge in [-0.15, -0.1) is 0 Å². The van der Waals surface area contributed by atoms with Gasteiger partial charge in [-0.2, -0.15) is 0 Å². The molecule has 1 saturated heterocycles. The third kappa shape index (κ3) is 5.25. The second-order valence-corrected chi connectivity index (χ2v) is 7.79. The molecule has 2 aromatic carbocycles. The molecule has 1 fully saturated rings. The van der Waals surface area contributed by atoms with Crippen LogP contribution in [-0.2, 0) is 4.79 Å². The van der Waals surface area contributed by atoms with Gasteiger partial charge in [0.15, 0.2) is 0 Å². The summed E-state index contributed by atoms with van der Waals surface area (Å²) in [5.41, 5.74) is 2.83. The van der Waals surface area contributed by atoms with E-state index in [-0.39, 0.29) is 6.54 Å². The molecule has 0 saturated carbocycles. The van der Waals surface area contributed by atoms with Crippen LogP contribution in [0, 0.1) is 0 Å². The quantitative estimate of drug-likeness (QED) is 0.679. The number of anilines is 1. The summed E-state index contributed by atoms with van der Waals surface area (Å²) in [6.07, 6.45) is 2.07. The van der Waals surface area contributed by atoms with Crippen molar-refractivity contribution in [1.82, 2.24) is 4.90 Å². The van der Waals surface area contributed by atoms with Gasteiger partial charge in [0.2, 0.25) is 0 Å². The molecule has 28 heavy (non-hydrogen) atoms. The average molecular weight is 420 g/mol. The molecule has 0 atom stereocenters. The van der Waals surface area contributed by atoms with Crippen LogP contribution in [0.15, 0.2) is 47.5 Å². The molecule has 0 spiro atoms. The van der Waals surface area contributed by atoms with Crippen molar-refractivity contribution in [2.24, 2.45) is 4.99 Å². The Balaban J connectivity index is 2.01. The van der Waals surface area contributed by atoms with Gasteiger partial charge in [0.05, 0.1) is 5.71 Å². The molecule has 7 heteroatoms. The summed E-state index contributed by atoms with van der Waals surface area (Å²) < 4.78 is 0. The molecule has 0 aromatic heterocycles. The summed E-state index contributed by atoms with van der Waals surface area (Å²) >= 11 is 12.7. The maximum absolute atomic E-state index is 11.2. The molecule has 0 aliphatic carbocycles. The molecule has 0 unspecified atom stereocenters. The Kier molecular flexibility index (Phi) is 6.94. The molecule has 0 bridgehead atoms. The van der Waals surface area contributed by atoms with Crippen LogP contribution >= 0.6 is 23.2 Å². The van der Waals surface area contributed by atoms with Crippen molar-refractivity contribution in [2.75, 3.05) is 32.0 Å². The topological polar surface area (TPSA) is 64.9 Å². The van der Waals surface area contributed by atoms with E-state index in [0.717, 1.165) is 37.2 Å². The normalized spacial score (nSPS) is 16.2.